The molecule has 1 rings (SSSR count). The molecule has 0 aliphatic heterocycles. The van der Waals surface area contributed by atoms with Crippen LogP contribution >= 0.6 is 0 Å². The van der Waals surface area contributed by atoms with E-state index < -0.39 is 11.9 Å². The molecule has 0 aliphatic rings. The van der Waals surface area contributed by atoms with E-state index in [9.17, 15) is 9.59 Å². The molecule has 2 N–H and O–H groups in total. The highest BCUT2D eigenvalue weighted by Crippen LogP contribution is 2.17. The van der Waals surface area contributed by atoms with E-state index >= 15 is 0 Å². The maximum atomic E-state index is 11.8. The van der Waals surface area contributed by atoms with Gasteiger partial charge in [0, 0.05) is 20.1 Å². The molecule has 1 aromatic carbocycles. The van der Waals surface area contributed by atoms with Crippen molar-refractivity contribution in [3.63, 3.8) is 0 Å². The largest absolute Gasteiger partial charge is 0.481 e. The van der Waals surface area contributed by atoms with Crippen LogP contribution in [0.5, 0.6) is 0 Å². The first kappa shape index (κ1) is 17.0. The average molecular weight is 292 g/mol. The lowest BCUT2D eigenvalue weighted by atomic mass is 9.98. The van der Waals surface area contributed by atoms with E-state index in [1.165, 1.54) is 10.5 Å². The highest BCUT2D eigenvalue weighted by atomic mass is 16.4. The smallest absolute Gasteiger partial charge is 0.317 e. The van der Waals surface area contributed by atoms with Crippen molar-refractivity contribution in [3.8, 4) is 0 Å². The van der Waals surface area contributed by atoms with E-state index in [-0.39, 0.29) is 12.6 Å². The van der Waals surface area contributed by atoms with Crippen molar-refractivity contribution in [2.75, 3.05) is 20.1 Å². The van der Waals surface area contributed by atoms with Crippen molar-refractivity contribution in [1.82, 2.24) is 10.2 Å². The molecule has 0 heterocycles. The normalized spacial score (nSPS) is 13.3. The van der Waals surface area contributed by atoms with E-state index in [1.54, 1.807) is 14.0 Å². The second kappa shape index (κ2) is 8.29. The number of carboxylic acid groups (broad SMARTS) is 1. The van der Waals surface area contributed by atoms with Gasteiger partial charge in [-0.2, -0.15) is 0 Å². The topological polar surface area (TPSA) is 69.6 Å². The van der Waals surface area contributed by atoms with Gasteiger partial charge in [0.2, 0.25) is 0 Å². The molecule has 0 spiro atoms. The lowest BCUT2D eigenvalue weighted by Gasteiger charge is -2.20. The van der Waals surface area contributed by atoms with E-state index in [4.69, 9.17) is 5.11 Å². The monoisotopic (exact) mass is 292 g/mol. The molecule has 1 aromatic rings. The van der Waals surface area contributed by atoms with Gasteiger partial charge in [0.25, 0.3) is 0 Å². The summed E-state index contributed by atoms with van der Waals surface area (Å²) in [6.45, 7) is 4.48. The van der Waals surface area contributed by atoms with Crippen LogP contribution in [0.25, 0.3) is 0 Å². The molecule has 0 fully saturated rings. The van der Waals surface area contributed by atoms with Crippen LogP contribution in [0.2, 0.25) is 0 Å². The number of hydrogen-bond acceptors (Lipinski definition) is 2. The van der Waals surface area contributed by atoms with Crippen LogP contribution < -0.4 is 5.32 Å². The summed E-state index contributed by atoms with van der Waals surface area (Å²) in [5.41, 5.74) is 1.25. The fraction of sp³-hybridized carbons (Fsp3) is 0.500. The summed E-state index contributed by atoms with van der Waals surface area (Å²) in [7, 11) is 1.61. The zero-order valence-corrected chi connectivity index (χ0v) is 12.9. The van der Waals surface area contributed by atoms with E-state index in [2.05, 4.69) is 24.4 Å². The number of carbonyl (C=O) groups excluding carboxylic acids is 1. The van der Waals surface area contributed by atoms with Crippen LogP contribution in [0.1, 0.15) is 31.7 Å². The molecular formula is C16H24N2O3. The van der Waals surface area contributed by atoms with E-state index in [0.29, 0.717) is 12.5 Å². The minimum atomic E-state index is -0.896. The second-order valence-electron chi connectivity index (χ2n) is 5.45. The summed E-state index contributed by atoms with van der Waals surface area (Å²) in [6.07, 6.45) is 0.845. The number of hydrogen-bond donors (Lipinski definition) is 2. The molecule has 0 bridgehead atoms. The molecule has 0 aliphatic carbocycles. The van der Waals surface area contributed by atoms with Crippen molar-refractivity contribution in [1.29, 1.82) is 0 Å². The zero-order valence-electron chi connectivity index (χ0n) is 12.9. The predicted octanol–water partition coefficient (Wildman–Crippen LogP) is 2.54. The van der Waals surface area contributed by atoms with Crippen molar-refractivity contribution in [2.45, 2.75) is 26.2 Å². The molecule has 0 saturated heterocycles. The minimum Gasteiger partial charge on any atom is -0.481 e. The van der Waals surface area contributed by atoms with Gasteiger partial charge in [-0.15, -0.1) is 0 Å². The Morgan fingerprint density at radius 3 is 2.43 bits per heavy atom. The number of carbonyl (C=O) groups is 2. The van der Waals surface area contributed by atoms with Crippen LogP contribution in [0.4, 0.5) is 4.79 Å². The molecule has 116 valence electrons. The molecule has 2 unspecified atom stereocenters. The standard InChI is InChI=1S/C16H24N2O3/c1-12(14-7-5-4-6-8-14)9-10-17-16(21)18(3)11-13(2)15(19)20/h4-8,12-13H,9-11H2,1-3H3,(H,17,21)(H,19,20). The molecule has 2 amide bonds. The molecule has 5 heteroatoms. The van der Waals surface area contributed by atoms with Crippen molar-refractivity contribution in [3.05, 3.63) is 35.9 Å². The molecule has 0 saturated carbocycles. The van der Waals surface area contributed by atoms with Crippen molar-refractivity contribution >= 4 is 12.0 Å². The lowest BCUT2D eigenvalue weighted by molar-refractivity contribution is -0.141. The van der Waals surface area contributed by atoms with Gasteiger partial charge in [-0.05, 0) is 17.9 Å². The zero-order chi connectivity index (χ0) is 15.8. The minimum absolute atomic E-state index is 0.204. The van der Waals surface area contributed by atoms with Gasteiger partial charge in [0.05, 0.1) is 5.92 Å². The Kier molecular flexibility index (Phi) is 6.72. The summed E-state index contributed by atoms with van der Waals surface area (Å²) >= 11 is 0. The number of benzene rings is 1. The third-order valence-corrected chi connectivity index (χ3v) is 3.54. The first-order valence-electron chi connectivity index (χ1n) is 7.18. The number of aliphatic carboxylic acids is 1. The number of rotatable bonds is 7. The number of urea groups is 1. The molecule has 21 heavy (non-hydrogen) atoms. The van der Waals surface area contributed by atoms with Crippen molar-refractivity contribution in [2.24, 2.45) is 5.92 Å². The second-order valence-corrected chi connectivity index (χ2v) is 5.45. The Balaban J connectivity index is 2.31. The van der Waals surface area contributed by atoms with Gasteiger partial charge in [0.15, 0.2) is 0 Å². The van der Waals surface area contributed by atoms with Gasteiger partial charge in [-0.3, -0.25) is 4.79 Å². The van der Waals surface area contributed by atoms with E-state index in [1.807, 2.05) is 18.2 Å². The molecule has 2 atom stereocenters. The van der Waals surface area contributed by atoms with Crippen LogP contribution in [0, 0.1) is 5.92 Å². The van der Waals surface area contributed by atoms with Crippen LogP contribution in [0.3, 0.4) is 0 Å². The summed E-state index contributed by atoms with van der Waals surface area (Å²) in [6, 6.07) is 9.91. The van der Waals surface area contributed by atoms with E-state index in [0.717, 1.165) is 6.42 Å². The van der Waals surface area contributed by atoms with Gasteiger partial charge >= 0.3 is 12.0 Å². The summed E-state index contributed by atoms with van der Waals surface area (Å²) in [4.78, 5) is 24.0. The maximum absolute atomic E-state index is 11.8. The van der Waals surface area contributed by atoms with Gasteiger partial charge < -0.3 is 15.3 Å². The fourth-order valence-electron chi connectivity index (χ4n) is 2.05. The van der Waals surface area contributed by atoms with Gasteiger partial charge in [-0.25, -0.2) is 4.79 Å². The Hall–Kier alpha value is -2.04. The Morgan fingerprint density at radius 2 is 1.86 bits per heavy atom. The Morgan fingerprint density at radius 1 is 1.24 bits per heavy atom. The fourth-order valence-corrected chi connectivity index (χ4v) is 2.05. The van der Waals surface area contributed by atoms with Crippen LogP contribution in [0.15, 0.2) is 30.3 Å². The number of nitrogens with zero attached hydrogens (tertiary/aromatic N) is 1. The number of carboxylic acids is 1. The first-order valence-corrected chi connectivity index (χ1v) is 7.18. The Labute approximate surface area is 126 Å². The first-order chi connectivity index (χ1) is 9.91. The molecular weight excluding hydrogens is 268 g/mol. The Bertz CT molecular complexity index is 462. The van der Waals surface area contributed by atoms with Crippen molar-refractivity contribution < 1.29 is 14.7 Å². The van der Waals surface area contributed by atoms with Gasteiger partial charge in [0.1, 0.15) is 0 Å². The molecule has 0 aromatic heterocycles. The summed E-state index contributed by atoms with van der Waals surface area (Å²) in [5.74, 6) is -1.09. The third kappa shape index (κ3) is 5.85. The van der Waals surface area contributed by atoms with Crippen LogP contribution in [-0.2, 0) is 4.79 Å². The third-order valence-electron chi connectivity index (χ3n) is 3.54. The SMILES string of the molecule is CC(CN(C)C(=O)NCCC(C)c1ccccc1)C(=O)O. The molecule has 0 radical (unpaired) electrons. The average Bonchev–Trinajstić information content (AvgIpc) is 2.47. The predicted molar refractivity (Wildman–Crippen MR) is 82.3 cm³/mol. The highest BCUT2D eigenvalue weighted by Gasteiger charge is 2.17. The quantitative estimate of drug-likeness (QED) is 0.811. The number of nitrogens with one attached hydrogen (secondary N) is 1. The summed E-state index contributed by atoms with van der Waals surface area (Å²) < 4.78 is 0. The van der Waals surface area contributed by atoms with Gasteiger partial charge in [-0.1, -0.05) is 44.2 Å². The van der Waals surface area contributed by atoms with Crippen LogP contribution in [-0.4, -0.2) is 42.1 Å². The highest BCUT2D eigenvalue weighted by molar-refractivity contribution is 5.75. The number of amides is 2. The summed E-state index contributed by atoms with van der Waals surface area (Å²) in [5, 5.41) is 11.7. The molecule has 5 nitrogen and oxygen atoms in total. The lowest BCUT2D eigenvalue weighted by Crippen LogP contribution is -2.41. The maximum Gasteiger partial charge on any atom is 0.317 e.